The Kier molecular flexibility index (Phi) is 4.15. The topological polar surface area (TPSA) is 61.4 Å². The standard InChI is InChI=1S/C15H16N2O2/c1-16-13-9-7-12(8-10-13)14(15(18)17-19)11-5-3-2-4-6-11/h2-10,14,16,19H,1H3,(H,17,18). The van der Waals surface area contributed by atoms with Gasteiger partial charge >= 0.3 is 0 Å². The molecule has 0 aromatic heterocycles. The Morgan fingerprint density at radius 2 is 1.58 bits per heavy atom. The largest absolute Gasteiger partial charge is 0.388 e. The van der Waals surface area contributed by atoms with Crippen molar-refractivity contribution in [2.45, 2.75) is 5.92 Å². The maximum atomic E-state index is 11.9. The first-order chi connectivity index (χ1) is 9.26. The fraction of sp³-hybridized carbons (Fsp3) is 0.133. The second-order valence-electron chi connectivity index (χ2n) is 4.19. The van der Waals surface area contributed by atoms with E-state index in [0.717, 1.165) is 16.8 Å². The summed E-state index contributed by atoms with van der Waals surface area (Å²) in [5.74, 6) is -0.958. The van der Waals surface area contributed by atoms with Crippen molar-refractivity contribution in [2.24, 2.45) is 0 Å². The molecule has 98 valence electrons. The van der Waals surface area contributed by atoms with Gasteiger partial charge in [0.15, 0.2) is 0 Å². The second kappa shape index (κ2) is 6.02. The van der Waals surface area contributed by atoms with E-state index in [-0.39, 0.29) is 0 Å². The molecule has 0 saturated carbocycles. The van der Waals surface area contributed by atoms with E-state index < -0.39 is 11.8 Å². The van der Waals surface area contributed by atoms with E-state index in [1.54, 1.807) is 5.48 Å². The molecule has 2 aromatic rings. The van der Waals surface area contributed by atoms with E-state index in [0.29, 0.717) is 0 Å². The van der Waals surface area contributed by atoms with E-state index in [4.69, 9.17) is 5.21 Å². The van der Waals surface area contributed by atoms with E-state index in [2.05, 4.69) is 5.32 Å². The van der Waals surface area contributed by atoms with E-state index in [1.165, 1.54) is 0 Å². The third-order valence-electron chi connectivity index (χ3n) is 3.04. The molecule has 0 saturated heterocycles. The van der Waals surface area contributed by atoms with Gasteiger partial charge in [0, 0.05) is 12.7 Å². The monoisotopic (exact) mass is 256 g/mol. The van der Waals surface area contributed by atoms with Gasteiger partial charge in [0.2, 0.25) is 0 Å². The van der Waals surface area contributed by atoms with Crippen molar-refractivity contribution in [1.29, 1.82) is 0 Å². The maximum Gasteiger partial charge on any atom is 0.255 e. The lowest BCUT2D eigenvalue weighted by Gasteiger charge is -2.16. The van der Waals surface area contributed by atoms with Gasteiger partial charge in [-0.3, -0.25) is 10.0 Å². The average Bonchev–Trinajstić information content (AvgIpc) is 2.49. The molecular weight excluding hydrogens is 240 g/mol. The summed E-state index contributed by atoms with van der Waals surface area (Å²) in [6.45, 7) is 0. The minimum absolute atomic E-state index is 0.441. The third kappa shape index (κ3) is 2.92. The number of carbonyl (C=O) groups excluding carboxylic acids is 1. The molecule has 0 fully saturated rings. The zero-order valence-electron chi connectivity index (χ0n) is 10.6. The average molecular weight is 256 g/mol. The smallest absolute Gasteiger partial charge is 0.255 e. The Balaban J connectivity index is 2.40. The van der Waals surface area contributed by atoms with Crippen LogP contribution in [0.2, 0.25) is 0 Å². The summed E-state index contributed by atoms with van der Waals surface area (Å²) in [4.78, 5) is 11.9. The van der Waals surface area contributed by atoms with Gasteiger partial charge in [-0.05, 0) is 23.3 Å². The molecule has 1 amide bonds. The first-order valence-electron chi connectivity index (χ1n) is 6.03. The molecule has 0 bridgehead atoms. The van der Waals surface area contributed by atoms with Crippen molar-refractivity contribution < 1.29 is 10.0 Å². The van der Waals surface area contributed by atoms with Gasteiger partial charge in [-0.25, -0.2) is 5.48 Å². The predicted molar refractivity (Wildman–Crippen MR) is 74.2 cm³/mol. The van der Waals surface area contributed by atoms with Crippen LogP contribution in [-0.2, 0) is 4.79 Å². The molecule has 4 nitrogen and oxygen atoms in total. The summed E-state index contributed by atoms with van der Waals surface area (Å²) in [6, 6.07) is 16.9. The molecular formula is C15H16N2O2. The van der Waals surface area contributed by atoms with Crippen LogP contribution in [0.1, 0.15) is 17.0 Å². The molecule has 0 aliphatic carbocycles. The summed E-state index contributed by atoms with van der Waals surface area (Å²) in [5.41, 5.74) is 4.38. The molecule has 0 radical (unpaired) electrons. The SMILES string of the molecule is CNc1ccc(C(C(=O)NO)c2ccccc2)cc1. The number of anilines is 1. The van der Waals surface area contributed by atoms with Crippen molar-refractivity contribution in [3.05, 3.63) is 65.7 Å². The summed E-state index contributed by atoms with van der Waals surface area (Å²) >= 11 is 0. The Bertz CT molecular complexity index is 538. The number of benzene rings is 2. The van der Waals surface area contributed by atoms with Gasteiger partial charge in [0.05, 0.1) is 5.92 Å². The Morgan fingerprint density at radius 1 is 1.00 bits per heavy atom. The first kappa shape index (κ1) is 13.1. The first-order valence-corrected chi connectivity index (χ1v) is 6.03. The maximum absolute atomic E-state index is 11.9. The summed E-state index contributed by atoms with van der Waals surface area (Å²) in [7, 11) is 1.84. The van der Waals surface area contributed by atoms with Gasteiger partial charge in [0.1, 0.15) is 0 Å². The van der Waals surface area contributed by atoms with Crippen LogP contribution < -0.4 is 10.8 Å². The normalized spacial score (nSPS) is 11.7. The van der Waals surface area contributed by atoms with Crippen molar-refractivity contribution in [3.8, 4) is 0 Å². The highest BCUT2D eigenvalue weighted by Gasteiger charge is 2.21. The Hall–Kier alpha value is -2.33. The van der Waals surface area contributed by atoms with Gasteiger partial charge in [-0.2, -0.15) is 0 Å². The lowest BCUT2D eigenvalue weighted by atomic mass is 9.90. The second-order valence-corrected chi connectivity index (χ2v) is 4.19. The fourth-order valence-electron chi connectivity index (χ4n) is 2.05. The molecule has 0 aliphatic heterocycles. The molecule has 4 heteroatoms. The molecule has 0 aliphatic rings. The van der Waals surface area contributed by atoms with Gasteiger partial charge in [-0.15, -0.1) is 0 Å². The molecule has 1 atom stereocenters. The van der Waals surface area contributed by atoms with Crippen LogP contribution >= 0.6 is 0 Å². The zero-order valence-corrected chi connectivity index (χ0v) is 10.6. The molecule has 2 aromatic carbocycles. The summed E-state index contributed by atoms with van der Waals surface area (Å²) in [6.07, 6.45) is 0. The number of hydrogen-bond acceptors (Lipinski definition) is 3. The Morgan fingerprint density at radius 3 is 2.11 bits per heavy atom. The number of rotatable bonds is 4. The van der Waals surface area contributed by atoms with Crippen molar-refractivity contribution >= 4 is 11.6 Å². The molecule has 3 N–H and O–H groups in total. The molecule has 1 unspecified atom stereocenters. The van der Waals surface area contributed by atoms with Crippen molar-refractivity contribution in [1.82, 2.24) is 5.48 Å². The highest BCUT2D eigenvalue weighted by molar-refractivity contribution is 5.86. The van der Waals surface area contributed by atoms with Crippen LogP contribution in [0.4, 0.5) is 5.69 Å². The number of hydrogen-bond donors (Lipinski definition) is 3. The molecule has 2 rings (SSSR count). The van der Waals surface area contributed by atoms with Crippen LogP contribution in [0.25, 0.3) is 0 Å². The number of hydroxylamine groups is 1. The lowest BCUT2D eigenvalue weighted by molar-refractivity contribution is -0.129. The van der Waals surface area contributed by atoms with Gasteiger partial charge < -0.3 is 5.32 Å². The molecule has 0 spiro atoms. The fourth-order valence-corrected chi connectivity index (χ4v) is 2.05. The van der Waals surface area contributed by atoms with E-state index in [9.17, 15) is 4.79 Å². The highest BCUT2D eigenvalue weighted by atomic mass is 16.5. The number of nitrogens with one attached hydrogen (secondary N) is 2. The highest BCUT2D eigenvalue weighted by Crippen LogP contribution is 2.25. The van der Waals surface area contributed by atoms with Crippen LogP contribution in [-0.4, -0.2) is 18.2 Å². The van der Waals surface area contributed by atoms with Crippen molar-refractivity contribution in [2.75, 3.05) is 12.4 Å². The van der Waals surface area contributed by atoms with Gasteiger partial charge in [-0.1, -0.05) is 42.5 Å². The quantitative estimate of drug-likeness (QED) is 0.581. The van der Waals surface area contributed by atoms with Crippen LogP contribution in [0.15, 0.2) is 54.6 Å². The predicted octanol–water partition coefficient (Wildman–Crippen LogP) is 2.37. The minimum atomic E-state index is -0.517. The van der Waals surface area contributed by atoms with Gasteiger partial charge in [0.25, 0.3) is 5.91 Å². The van der Waals surface area contributed by atoms with E-state index >= 15 is 0 Å². The van der Waals surface area contributed by atoms with E-state index in [1.807, 2.05) is 61.6 Å². The molecule has 19 heavy (non-hydrogen) atoms. The minimum Gasteiger partial charge on any atom is -0.388 e. The number of amides is 1. The summed E-state index contributed by atoms with van der Waals surface area (Å²) < 4.78 is 0. The molecule has 0 heterocycles. The van der Waals surface area contributed by atoms with Crippen LogP contribution in [0, 0.1) is 0 Å². The zero-order chi connectivity index (χ0) is 13.7. The Labute approximate surface area is 112 Å². The van der Waals surface area contributed by atoms with Crippen LogP contribution in [0.3, 0.4) is 0 Å². The van der Waals surface area contributed by atoms with Crippen LogP contribution in [0.5, 0.6) is 0 Å². The lowest BCUT2D eigenvalue weighted by Crippen LogP contribution is -2.27. The number of carbonyl (C=O) groups is 1. The third-order valence-corrected chi connectivity index (χ3v) is 3.04. The van der Waals surface area contributed by atoms with Crippen molar-refractivity contribution in [3.63, 3.8) is 0 Å². The summed E-state index contributed by atoms with van der Waals surface area (Å²) in [5, 5.41) is 11.9.